The van der Waals surface area contributed by atoms with E-state index in [0.717, 1.165) is 66.5 Å². The summed E-state index contributed by atoms with van der Waals surface area (Å²) in [6.07, 6.45) is 7.54. The highest BCUT2D eigenvalue weighted by atomic mass is 16.2. The standard InChI is InChI=1S/C27H28N6O2/c34-24(13-21-14-28-17-29-21)30-20-8-10-27(11-9-20)15-33(16-27)26(35)25-22-7-6-19(12-23(22)31-32-25)18-4-2-1-3-5-18/h1-7,12,14,17,20H,8-11,13,15-16H2,(H,28,29)(H,30,34)(H,31,32). The third-order valence-electron chi connectivity index (χ3n) is 7.53. The summed E-state index contributed by atoms with van der Waals surface area (Å²) in [5.74, 6) is 0.0192. The number of hydrogen-bond donors (Lipinski definition) is 3. The van der Waals surface area contributed by atoms with Gasteiger partial charge in [-0.3, -0.25) is 14.7 Å². The number of H-pyrrole nitrogens is 2. The van der Waals surface area contributed by atoms with E-state index >= 15 is 0 Å². The first-order valence-electron chi connectivity index (χ1n) is 12.2. The number of nitrogens with zero attached hydrogens (tertiary/aromatic N) is 3. The Morgan fingerprint density at radius 3 is 2.60 bits per heavy atom. The van der Waals surface area contributed by atoms with E-state index in [1.165, 1.54) is 0 Å². The predicted molar refractivity (Wildman–Crippen MR) is 133 cm³/mol. The molecule has 0 atom stereocenters. The highest BCUT2D eigenvalue weighted by Crippen LogP contribution is 2.44. The van der Waals surface area contributed by atoms with Crippen molar-refractivity contribution in [3.05, 3.63) is 72.4 Å². The summed E-state index contributed by atoms with van der Waals surface area (Å²) in [4.78, 5) is 34.3. The van der Waals surface area contributed by atoms with E-state index in [0.29, 0.717) is 12.1 Å². The zero-order chi connectivity index (χ0) is 23.8. The Kier molecular flexibility index (Phi) is 5.36. The van der Waals surface area contributed by atoms with Crippen molar-refractivity contribution in [2.75, 3.05) is 13.1 Å². The molecule has 2 amide bonds. The second kappa shape index (κ2) is 8.69. The van der Waals surface area contributed by atoms with Gasteiger partial charge < -0.3 is 15.2 Å². The number of amides is 2. The number of fused-ring (bicyclic) bond motifs is 1. The summed E-state index contributed by atoms with van der Waals surface area (Å²) in [6, 6.07) is 16.5. The van der Waals surface area contributed by atoms with E-state index in [9.17, 15) is 9.59 Å². The summed E-state index contributed by atoms with van der Waals surface area (Å²) in [6.45, 7) is 1.52. The second-order valence-corrected chi connectivity index (χ2v) is 9.96. The van der Waals surface area contributed by atoms with E-state index < -0.39 is 0 Å². The van der Waals surface area contributed by atoms with Gasteiger partial charge in [-0.2, -0.15) is 5.10 Å². The molecule has 178 valence electrons. The fourth-order valence-corrected chi connectivity index (χ4v) is 5.57. The monoisotopic (exact) mass is 468 g/mol. The first-order chi connectivity index (χ1) is 17.1. The maximum atomic E-state index is 13.2. The average Bonchev–Trinajstić information content (AvgIpc) is 3.53. The van der Waals surface area contributed by atoms with Crippen molar-refractivity contribution in [3.8, 4) is 11.1 Å². The third kappa shape index (κ3) is 4.20. The number of nitrogens with one attached hydrogen (secondary N) is 3. The lowest BCUT2D eigenvalue weighted by atomic mass is 9.67. The summed E-state index contributed by atoms with van der Waals surface area (Å²) in [5.41, 5.74) is 4.59. The minimum absolute atomic E-state index is 0.00989. The van der Waals surface area contributed by atoms with Crippen LogP contribution in [0.4, 0.5) is 0 Å². The maximum absolute atomic E-state index is 13.2. The van der Waals surface area contributed by atoms with Crippen molar-refractivity contribution < 1.29 is 9.59 Å². The van der Waals surface area contributed by atoms with Gasteiger partial charge in [0.2, 0.25) is 5.91 Å². The molecular formula is C27H28N6O2. The lowest BCUT2D eigenvalue weighted by Gasteiger charge is -2.53. The smallest absolute Gasteiger partial charge is 0.275 e. The quantitative estimate of drug-likeness (QED) is 0.415. The van der Waals surface area contributed by atoms with Gasteiger partial charge in [-0.25, -0.2) is 4.98 Å². The van der Waals surface area contributed by atoms with Crippen LogP contribution in [0, 0.1) is 5.41 Å². The van der Waals surface area contributed by atoms with Gasteiger partial charge in [0.05, 0.1) is 18.3 Å². The van der Waals surface area contributed by atoms with E-state index in [1.54, 1.807) is 12.5 Å². The highest BCUT2D eigenvalue weighted by molar-refractivity contribution is 6.05. The zero-order valence-corrected chi connectivity index (χ0v) is 19.5. The number of likely N-dealkylation sites (tertiary alicyclic amines) is 1. The second-order valence-electron chi connectivity index (χ2n) is 9.96. The molecule has 4 aromatic rings. The lowest BCUT2D eigenvalue weighted by molar-refractivity contribution is -0.121. The third-order valence-corrected chi connectivity index (χ3v) is 7.53. The van der Waals surface area contributed by atoms with Gasteiger partial charge in [0.25, 0.3) is 5.91 Å². The molecule has 0 unspecified atom stereocenters. The van der Waals surface area contributed by atoms with Gasteiger partial charge in [0, 0.05) is 41.8 Å². The van der Waals surface area contributed by atoms with Crippen LogP contribution in [0.15, 0.2) is 61.1 Å². The van der Waals surface area contributed by atoms with Crippen LogP contribution >= 0.6 is 0 Å². The molecule has 1 aliphatic carbocycles. The minimum atomic E-state index is -0.00989. The molecule has 2 aromatic carbocycles. The van der Waals surface area contributed by atoms with Gasteiger partial charge in [0.15, 0.2) is 5.69 Å². The molecule has 2 fully saturated rings. The summed E-state index contributed by atoms with van der Waals surface area (Å²) in [7, 11) is 0. The van der Waals surface area contributed by atoms with Crippen molar-refractivity contribution in [2.24, 2.45) is 5.41 Å². The summed E-state index contributed by atoms with van der Waals surface area (Å²) < 4.78 is 0. The summed E-state index contributed by atoms with van der Waals surface area (Å²) >= 11 is 0. The molecule has 0 bridgehead atoms. The highest BCUT2D eigenvalue weighted by Gasteiger charge is 2.47. The number of carbonyl (C=O) groups is 2. The number of aromatic amines is 2. The first-order valence-corrected chi connectivity index (χ1v) is 12.2. The summed E-state index contributed by atoms with van der Waals surface area (Å²) in [5, 5.41) is 11.4. The van der Waals surface area contributed by atoms with Crippen molar-refractivity contribution >= 4 is 22.7 Å². The van der Waals surface area contributed by atoms with E-state index in [4.69, 9.17) is 0 Å². The van der Waals surface area contributed by atoms with Crippen LogP contribution < -0.4 is 5.32 Å². The largest absolute Gasteiger partial charge is 0.353 e. The zero-order valence-electron chi connectivity index (χ0n) is 19.5. The van der Waals surface area contributed by atoms with Crippen molar-refractivity contribution in [2.45, 2.75) is 38.1 Å². The average molecular weight is 469 g/mol. The molecule has 0 radical (unpaired) electrons. The molecule has 3 N–H and O–H groups in total. The molecule has 6 rings (SSSR count). The molecule has 8 heteroatoms. The lowest BCUT2D eigenvalue weighted by Crippen LogP contribution is -2.60. The van der Waals surface area contributed by atoms with Crippen LogP contribution in [0.2, 0.25) is 0 Å². The maximum Gasteiger partial charge on any atom is 0.275 e. The molecule has 35 heavy (non-hydrogen) atoms. The number of hydrogen-bond acceptors (Lipinski definition) is 4. The van der Waals surface area contributed by atoms with Gasteiger partial charge in [-0.15, -0.1) is 0 Å². The van der Waals surface area contributed by atoms with Crippen LogP contribution in [0.1, 0.15) is 41.9 Å². The number of carbonyl (C=O) groups excluding carboxylic acids is 2. The van der Waals surface area contributed by atoms with Crippen LogP contribution in [-0.2, 0) is 11.2 Å². The Labute approximate surface area is 203 Å². The van der Waals surface area contributed by atoms with Crippen LogP contribution in [0.5, 0.6) is 0 Å². The van der Waals surface area contributed by atoms with Gasteiger partial charge in [0.1, 0.15) is 0 Å². The number of aromatic nitrogens is 4. The molecule has 1 aliphatic heterocycles. The van der Waals surface area contributed by atoms with E-state index in [2.05, 4.69) is 37.6 Å². The Hall–Kier alpha value is -3.94. The van der Waals surface area contributed by atoms with Gasteiger partial charge in [-0.1, -0.05) is 36.4 Å². The van der Waals surface area contributed by atoms with Crippen LogP contribution in [-0.4, -0.2) is 56.0 Å². The Morgan fingerprint density at radius 2 is 1.86 bits per heavy atom. The SMILES string of the molecule is O=C(Cc1cnc[nH]1)NC1CCC2(CC1)CN(C(=O)c1n[nH]c3cc(-c4ccccc4)ccc13)C2. The fourth-order valence-electron chi connectivity index (χ4n) is 5.57. The first kappa shape index (κ1) is 21.6. The number of rotatable bonds is 5. The Balaban J connectivity index is 1.05. The fraction of sp³-hybridized carbons (Fsp3) is 0.333. The van der Waals surface area contributed by atoms with Gasteiger partial charge >= 0.3 is 0 Å². The predicted octanol–water partition coefficient (Wildman–Crippen LogP) is 3.70. The molecule has 3 heterocycles. The normalized spacial score (nSPS) is 17.4. The molecule has 1 saturated heterocycles. The minimum Gasteiger partial charge on any atom is -0.353 e. The van der Waals surface area contributed by atoms with E-state index in [-0.39, 0.29) is 23.3 Å². The van der Waals surface area contributed by atoms with Crippen molar-refractivity contribution in [1.82, 2.24) is 30.4 Å². The van der Waals surface area contributed by atoms with Crippen molar-refractivity contribution in [3.63, 3.8) is 0 Å². The Morgan fingerprint density at radius 1 is 1.06 bits per heavy atom. The van der Waals surface area contributed by atoms with Crippen LogP contribution in [0.25, 0.3) is 22.0 Å². The molecular weight excluding hydrogens is 440 g/mol. The number of imidazole rings is 1. The molecule has 2 aromatic heterocycles. The molecule has 1 spiro atoms. The molecule has 2 aliphatic rings. The van der Waals surface area contributed by atoms with Crippen molar-refractivity contribution in [1.29, 1.82) is 0 Å². The molecule has 8 nitrogen and oxygen atoms in total. The Bertz CT molecular complexity index is 1350. The number of benzene rings is 2. The molecule has 1 saturated carbocycles. The topological polar surface area (TPSA) is 107 Å². The van der Waals surface area contributed by atoms with E-state index in [1.807, 2.05) is 41.3 Å². The van der Waals surface area contributed by atoms with Crippen LogP contribution in [0.3, 0.4) is 0 Å². The van der Waals surface area contributed by atoms with Gasteiger partial charge in [-0.05, 0) is 48.9 Å².